The first-order valence-electron chi connectivity index (χ1n) is 6.36. The molecule has 0 fully saturated rings. The molecule has 0 saturated carbocycles. The molecule has 0 aliphatic rings. The number of pyridine rings is 1. The van der Waals surface area contributed by atoms with Gasteiger partial charge >= 0.3 is 0 Å². The Morgan fingerprint density at radius 1 is 1.21 bits per heavy atom. The summed E-state index contributed by atoms with van der Waals surface area (Å²) < 4.78 is 18.6. The minimum Gasteiger partial charge on any atom is -0.456 e. The van der Waals surface area contributed by atoms with Crippen LogP contribution in [0.15, 0.2) is 42.7 Å². The molecule has 19 heavy (non-hydrogen) atoms. The Morgan fingerprint density at radius 3 is 2.89 bits per heavy atom. The molecular weight excluding hydrogens is 243 g/mol. The first kappa shape index (κ1) is 13.5. The lowest BCUT2D eigenvalue weighted by Crippen LogP contribution is -2.13. The van der Waals surface area contributed by atoms with E-state index in [1.54, 1.807) is 24.5 Å². The summed E-state index contributed by atoms with van der Waals surface area (Å²) in [6.07, 6.45) is 4.50. The standard InChI is InChI=1S/C15H17FN2O/c1-2-6-17-9-12-7-15(11-18-10-12)19-14-5-3-4-13(16)8-14/h3-5,7-8,10-11,17H,2,6,9H2,1H3. The third kappa shape index (κ3) is 4.34. The van der Waals surface area contributed by atoms with E-state index in [2.05, 4.69) is 17.2 Å². The van der Waals surface area contributed by atoms with Crippen molar-refractivity contribution >= 4 is 0 Å². The number of ether oxygens (including phenoxy) is 1. The highest BCUT2D eigenvalue weighted by Crippen LogP contribution is 2.21. The van der Waals surface area contributed by atoms with E-state index in [9.17, 15) is 4.39 Å². The number of benzene rings is 1. The van der Waals surface area contributed by atoms with Crippen molar-refractivity contribution < 1.29 is 9.13 Å². The van der Waals surface area contributed by atoms with Gasteiger partial charge in [0.05, 0.1) is 6.20 Å². The average molecular weight is 260 g/mol. The third-order valence-corrected chi connectivity index (χ3v) is 2.56. The Bertz CT molecular complexity index is 531. The molecule has 0 saturated heterocycles. The average Bonchev–Trinajstić information content (AvgIpc) is 2.39. The molecule has 1 heterocycles. The van der Waals surface area contributed by atoms with Crippen LogP contribution >= 0.6 is 0 Å². The van der Waals surface area contributed by atoms with Gasteiger partial charge in [-0.25, -0.2) is 4.39 Å². The van der Waals surface area contributed by atoms with Gasteiger partial charge < -0.3 is 10.1 Å². The van der Waals surface area contributed by atoms with E-state index in [1.165, 1.54) is 12.1 Å². The van der Waals surface area contributed by atoms with Crippen LogP contribution in [0.25, 0.3) is 0 Å². The van der Waals surface area contributed by atoms with E-state index in [1.807, 2.05) is 6.07 Å². The van der Waals surface area contributed by atoms with Gasteiger partial charge in [0, 0.05) is 18.8 Å². The normalized spacial score (nSPS) is 10.4. The zero-order valence-electron chi connectivity index (χ0n) is 10.9. The van der Waals surface area contributed by atoms with E-state index in [0.29, 0.717) is 11.5 Å². The first-order valence-corrected chi connectivity index (χ1v) is 6.36. The van der Waals surface area contributed by atoms with Crippen molar-refractivity contribution in [3.8, 4) is 11.5 Å². The fourth-order valence-electron chi connectivity index (χ4n) is 1.69. The van der Waals surface area contributed by atoms with Crippen molar-refractivity contribution in [1.29, 1.82) is 0 Å². The lowest BCUT2D eigenvalue weighted by atomic mass is 10.2. The van der Waals surface area contributed by atoms with Crippen LogP contribution in [0.3, 0.4) is 0 Å². The summed E-state index contributed by atoms with van der Waals surface area (Å²) in [4.78, 5) is 4.12. The van der Waals surface area contributed by atoms with E-state index in [0.717, 1.165) is 25.1 Å². The number of halogens is 1. The second kappa shape index (κ2) is 6.85. The van der Waals surface area contributed by atoms with Gasteiger partial charge in [0.15, 0.2) is 0 Å². The molecule has 2 aromatic rings. The van der Waals surface area contributed by atoms with Gasteiger partial charge in [-0.1, -0.05) is 13.0 Å². The second-order valence-corrected chi connectivity index (χ2v) is 4.27. The number of nitrogens with zero attached hydrogens (tertiary/aromatic N) is 1. The Morgan fingerprint density at radius 2 is 2.11 bits per heavy atom. The zero-order valence-corrected chi connectivity index (χ0v) is 10.9. The molecule has 1 aromatic heterocycles. The van der Waals surface area contributed by atoms with Crippen molar-refractivity contribution in [3.63, 3.8) is 0 Å². The van der Waals surface area contributed by atoms with E-state index in [-0.39, 0.29) is 5.82 Å². The number of hydrogen-bond acceptors (Lipinski definition) is 3. The van der Waals surface area contributed by atoms with Gasteiger partial charge in [0.1, 0.15) is 17.3 Å². The largest absolute Gasteiger partial charge is 0.456 e. The van der Waals surface area contributed by atoms with Crippen LogP contribution in [0.4, 0.5) is 4.39 Å². The van der Waals surface area contributed by atoms with Crippen molar-refractivity contribution in [1.82, 2.24) is 10.3 Å². The smallest absolute Gasteiger partial charge is 0.146 e. The quantitative estimate of drug-likeness (QED) is 0.807. The molecule has 0 atom stereocenters. The number of nitrogens with one attached hydrogen (secondary N) is 1. The van der Waals surface area contributed by atoms with Crippen molar-refractivity contribution in [2.75, 3.05) is 6.54 Å². The maximum Gasteiger partial charge on any atom is 0.146 e. The SMILES string of the molecule is CCCNCc1cncc(Oc2cccc(F)c2)c1. The van der Waals surface area contributed by atoms with E-state index in [4.69, 9.17) is 4.74 Å². The molecule has 0 spiro atoms. The zero-order chi connectivity index (χ0) is 13.5. The van der Waals surface area contributed by atoms with Gasteiger partial charge in [0.2, 0.25) is 0 Å². The van der Waals surface area contributed by atoms with Gasteiger partial charge in [-0.3, -0.25) is 4.98 Å². The molecule has 0 amide bonds. The molecule has 0 aliphatic heterocycles. The maximum atomic E-state index is 13.0. The Hall–Kier alpha value is -1.94. The Balaban J connectivity index is 2.02. The highest BCUT2D eigenvalue weighted by Gasteiger charge is 2.01. The van der Waals surface area contributed by atoms with Crippen LogP contribution < -0.4 is 10.1 Å². The topological polar surface area (TPSA) is 34.2 Å². The monoisotopic (exact) mass is 260 g/mol. The molecule has 0 aliphatic carbocycles. The molecule has 1 N–H and O–H groups in total. The fourth-order valence-corrected chi connectivity index (χ4v) is 1.69. The van der Waals surface area contributed by atoms with Crippen molar-refractivity contribution in [3.05, 3.63) is 54.1 Å². The van der Waals surface area contributed by atoms with Crippen LogP contribution in [-0.2, 0) is 6.54 Å². The predicted octanol–water partition coefficient (Wildman–Crippen LogP) is 3.51. The van der Waals surface area contributed by atoms with Crippen LogP contribution in [0.1, 0.15) is 18.9 Å². The van der Waals surface area contributed by atoms with Crippen LogP contribution in [-0.4, -0.2) is 11.5 Å². The van der Waals surface area contributed by atoms with Crippen molar-refractivity contribution in [2.24, 2.45) is 0 Å². The molecular formula is C15H17FN2O. The number of aromatic nitrogens is 1. The summed E-state index contributed by atoms with van der Waals surface area (Å²) >= 11 is 0. The maximum absolute atomic E-state index is 13.0. The Kier molecular flexibility index (Phi) is 4.86. The lowest BCUT2D eigenvalue weighted by molar-refractivity contribution is 0.473. The van der Waals surface area contributed by atoms with Gasteiger partial charge in [-0.05, 0) is 36.7 Å². The first-order chi connectivity index (χ1) is 9.28. The van der Waals surface area contributed by atoms with Crippen LogP contribution in [0.5, 0.6) is 11.5 Å². The molecule has 0 bridgehead atoms. The highest BCUT2D eigenvalue weighted by atomic mass is 19.1. The number of hydrogen-bond donors (Lipinski definition) is 1. The number of rotatable bonds is 6. The summed E-state index contributed by atoms with van der Waals surface area (Å²) in [6.45, 7) is 3.84. The minimum absolute atomic E-state index is 0.314. The summed E-state index contributed by atoms with van der Waals surface area (Å²) in [5, 5.41) is 3.30. The third-order valence-electron chi connectivity index (χ3n) is 2.56. The molecule has 0 unspecified atom stereocenters. The molecule has 2 rings (SSSR count). The van der Waals surface area contributed by atoms with Crippen molar-refractivity contribution in [2.45, 2.75) is 19.9 Å². The highest BCUT2D eigenvalue weighted by molar-refractivity contribution is 5.31. The minimum atomic E-state index is -0.314. The van der Waals surface area contributed by atoms with E-state index >= 15 is 0 Å². The van der Waals surface area contributed by atoms with Crippen LogP contribution in [0.2, 0.25) is 0 Å². The fraction of sp³-hybridized carbons (Fsp3) is 0.267. The summed E-state index contributed by atoms with van der Waals surface area (Å²) in [6, 6.07) is 7.97. The lowest BCUT2D eigenvalue weighted by Gasteiger charge is -2.07. The molecule has 4 heteroatoms. The van der Waals surface area contributed by atoms with E-state index < -0.39 is 0 Å². The second-order valence-electron chi connectivity index (χ2n) is 4.27. The van der Waals surface area contributed by atoms with Gasteiger partial charge in [-0.2, -0.15) is 0 Å². The predicted molar refractivity (Wildman–Crippen MR) is 72.7 cm³/mol. The van der Waals surface area contributed by atoms with Gasteiger partial charge in [0.25, 0.3) is 0 Å². The molecule has 100 valence electrons. The molecule has 3 nitrogen and oxygen atoms in total. The summed E-state index contributed by atoms with van der Waals surface area (Å²) in [5.41, 5.74) is 1.04. The summed E-state index contributed by atoms with van der Waals surface area (Å²) in [7, 11) is 0. The molecule has 1 aromatic carbocycles. The van der Waals surface area contributed by atoms with Gasteiger partial charge in [-0.15, -0.1) is 0 Å². The van der Waals surface area contributed by atoms with Crippen LogP contribution in [0, 0.1) is 5.82 Å². The summed E-state index contributed by atoms with van der Waals surface area (Å²) in [5.74, 6) is 0.771. The Labute approximate surface area is 112 Å². The molecule has 0 radical (unpaired) electrons.